The number of benzene rings is 1. The van der Waals surface area contributed by atoms with Crippen LogP contribution in [0.4, 0.5) is 33.5 Å². The van der Waals surface area contributed by atoms with Crippen LogP contribution in [0.5, 0.6) is 23.0 Å². The van der Waals surface area contributed by atoms with Crippen LogP contribution in [0.15, 0.2) is 30.4 Å². The van der Waals surface area contributed by atoms with E-state index in [4.69, 9.17) is 20.0 Å². The van der Waals surface area contributed by atoms with Gasteiger partial charge in [0.05, 0.1) is 18.7 Å². The first-order valence-corrected chi connectivity index (χ1v) is 11.9. The van der Waals surface area contributed by atoms with Crippen molar-refractivity contribution in [3.05, 3.63) is 36.3 Å². The molecule has 1 aliphatic rings. The van der Waals surface area contributed by atoms with Crippen molar-refractivity contribution in [3.63, 3.8) is 0 Å². The van der Waals surface area contributed by atoms with Gasteiger partial charge >= 0.3 is 7.82 Å². The second-order valence-corrected chi connectivity index (χ2v) is 9.36. The highest BCUT2D eigenvalue weighted by atomic mass is 31.2. The SMILES string of the molecule is [2H]c1cc(Nc2nc(Nc3cc(O)c(OC([2H])([2H])[2H])c(O)c3)ncc2F)nc2c1OC(C)(C)C(=O)N2COP(=O)(O)O. The van der Waals surface area contributed by atoms with Gasteiger partial charge in [-0.25, -0.2) is 18.9 Å². The standard InChI is InChI=1S/C21H22FN6O9P/c1-21(2)19(31)28(9-36-38(32,33)34)18-14(37-21)4-5-15(26-18)25-17-11(22)8-23-20(27-17)24-10-6-12(29)16(35-3)13(30)7-10/h4-8,29-30H,9H2,1-3H3,(H2,32,33,34)(H2,23,24,25,26,27)/i3D3,4D. The lowest BCUT2D eigenvalue weighted by Gasteiger charge is -2.37. The predicted molar refractivity (Wildman–Crippen MR) is 129 cm³/mol. The minimum atomic E-state index is -5.01. The molecule has 0 fully saturated rings. The molecule has 2 aromatic heterocycles. The first-order valence-electron chi connectivity index (χ1n) is 12.4. The lowest BCUT2D eigenvalue weighted by atomic mass is 10.1. The first-order chi connectivity index (χ1) is 19.3. The summed E-state index contributed by atoms with van der Waals surface area (Å²) in [4.78, 5) is 43.7. The van der Waals surface area contributed by atoms with E-state index in [-0.39, 0.29) is 35.1 Å². The Bertz CT molecular complexity index is 1580. The second kappa shape index (κ2) is 9.90. The van der Waals surface area contributed by atoms with Crippen LogP contribution in [0, 0.1) is 5.82 Å². The molecule has 17 heteroatoms. The van der Waals surface area contributed by atoms with Crippen LogP contribution in [0.1, 0.15) is 19.3 Å². The van der Waals surface area contributed by atoms with Crippen molar-refractivity contribution < 1.29 is 53.2 Å². The van der Waals surface area contributed by atoms with E-state index in [1.54, 1.807) is 0 Å². The summed E-state index contributed by atoms with van der Waals surface area (Å²) in [5.74, 6) is -5.51. The number of anilines is 5. The van der Waals surface area contributed by atoms with E-state index in [1.165, 1.54) is 13.8 Å². The summed E-state index contributed by atoms with van der Waals surface area (Å²) in [6, 6.07) is 2.76. The van der Waals surface area contributed by atoms with Crippen molar-refractivity contribution in [2.24, 2.45) is 0 Å². The molecule has 6 N–H and O–H groups in total. The van der Waals surface area contributed by atoms with E-state index in [2.05, 4.69) is 34.8 Å². The largest absolute Gasteiger partial charge is 0.504 e. The van der Waals surface area contributed by atoms with Gasteiger partial charge in [0.15, 0.2) is 40.3 Å². The smallest absolute Gasteiger partial charge is 0.471 e. The molecule has 0 bridgehead atoms. The van der Waals surface area contributed by atoms with Crippen LogP contribution in [0.2, 0.25) is 0 Å². The van der Waals surface area contributed by atoms with Gasteiger partial charge in [-0.05, 0) is 26.0 Å². The van der Waals surface area contributed by atoms with Crippen LogP contribution < -0.4 is 25.0 Å². The Hall–Kier alpha value is -4.24. The molecule has 0 aliphatic carbocycles. The van der Waals surface area contributed by atoms with E-state index in [0.29, 0.717) is 0 Å². The number of rotatable bonds is 8. The molecule has 15 nitrogen and oxygen atoms in total. The van der Waals surface area contributed by atoms with Gasteiger partial charge in [0, 0.05) is 17.8 Å². The molecular formula is C21H22FN6O9P. The number of fused-ring (bicyclic) bond motifs is 1. The van der Waals surface area contributed by atoms with Gasteiger partial charge in [-0.1, -0.05) is 0 Å². The monoisotopic (exact) mass is 556 g/mol. The summed E-state index contributed by atoms with van der Waals surface area (Å²) >= 11 is 0. The minimum absolute atomic E-state index is 0.0419. The summed E-state index contributed by atoms with van der Waals surface area (Å²) in [6.07, 6.45) is 0.749. The third-order valence-corrected chi connectivity index (χ3v) is 5.35. The highest BCUT2D eigenvalue weighted by molar-refractivity contribution is 7.46. The lowest BCUT2D eigenvalue weighted by Crippen LogP contribution is -2.53. The molecule has 0 atom stereocenters. The number of carbonyl (C=O) groups excluding carboxylic acids is 1. The number of halogens is 1. The van der Waals surface area contributed by atoms with Gasteiger partial charge < -0.3 is 40.1 Å². The molecule has 0 unspecified atom stereocenters. The molecule has 0 saturated heterocycles. The zero-order valence-corrected chi connectivity index (χ0v) is 20.4. The number of hydrogen-bond acceptors (Lipinski definition) is 12. The number of ether oxygens (including phenoxy) is 2. The number of pyridine rings is 1. The van der Waals surface area contributed by atoms with Crippen molar-refractivity contribution in [1.29, 1.82) is 0 Å². The fraction of sp³-hybridized carbons (Fsp3) is 0.238. The Morgan fingerprint density at radius 2 is 1.97 bits per heavy atom. The van der Waals surface area contributed by atoms with Crippen LogP contribution in [-0.2, 0) is 13.9 Å². The van der Waals surface area contributed by atoms with Crippen LogP contribution in [-0.4, -0.2) is 60.2 Å². The maximum atomic E-state index is 14.6. The van der Waals surface area contributed by atoms with Gasteiger partial charge in [0.25, 0.3) is 5.91 Å². The van der Waals surface area contributed by atoms with Crippen molar-refractivity contribution in [3.8, 4) is 23.0 Å². The Kier molecular flexibility index (Phi) is 5.68. The summed E-state index contributed by atoms with van der Waals surface area (Å²) in [7, 11) is -7.96. The molecule has 0 spiro atoms. The molecule has 0 saturated carbocycles. The highest BCUT2D eigenvalue weighted by Gasteiger charge is 2.42. The van der Waals surface area contributed by atoms with Gasteiger partial charge in [-0.15, -0.1) is 0 Å². The van der Waals surface area contributed by atoms with Crippen LogP contribution >= 0.6 is 7.82 Å². The van der Waals surface area contributed by atoms with Gasteiger partial charge in [0.1, 0.15) is 12.5 Å². The molecule has 1 aliphatic heterocycles. The average molecular weight is 556 g/mol. The molecular weight excluding hydrogens is 530 g/mol. The molecule has 1 aromatic carbocycles. The second-order valence-electron chi connectivity index (χ2n) is 8.12. The van der Waals surface area contributed by atoms with Crippen LogP contribution in [0.25, 0.3) is 0 Å². The maximum Gasteiger partial charge on any atom is 0.471 e. The lowest BCUT2D eigenvalue weighted by molar-refractivity contribution is -0.133. The third kappa shape index (κ3) is 5.68. The topological polar surface area (TPSA) is 209 Å². The number of carbonyl (C=O) groups is 1. The van der Waals surface area contributed by atoms with Gasteiger partial charge in [0.2, 0.25) is 11.7 Å². The number of methoxy groups -OCH3 is 1. The number of phosphoric acid groups is 1. The Balaban J connectivity index is 1.63. The fourth-order valence-corrected chi connectivity index (χ4v) is 3.50. The van der Waals surface area contributed by atoms with Gasteiger partial charge in [-0.3, -0.25) is 14.2 Å². The quantitative estimate of drug-likeness (QED) is 0.220. The van der Waals surface area contributed by atoms with Crippen molar-refractivity contribution in [2.75, 3.05) is 29.3 Å². The van der Waals surface area contributed by atoms with Crippen molar-refractivity contribution >= 4 is 42.8 Å². The van der Waals surface area contributed by atoms with E-state index in [9.17, 15) is 24.0 Å². The number of aromatic nitrogens is 3. The van der Waals surface area contributed by atoms with E-state index < -0.39 is 62.0 Å². The van der Waals surface area contributed by atoms with Crippen LogP contribution in [0.3, 0.4) is 0 Å². The zero-order chi connectivity index (χ0) is 31.2. The number of phenols is 2. The summed E-state index contributed by atoms with van der Waals surface area (Å²) < 4.78 is 70.1. The average Bonchev–Trinajstić information content (AvgIpc) is 2.83. The number of hydrogen-bond donors (Lipinski definition) is 6. The van der Waals surface area contributed by atoms with E-state index in [1.807, 2.05) is 0 Å². The normalized spacial score (nSPS) is 16.3. The zero-order valence-electron chi connectivity index (χ0n) is 23.5. The number of phenolic OH excluding ortho intramolecular Hbond substituents is 2. The molecule has 38 heavy (non-hydrogen) atoms. The van der Waals surface area contributed by atoms with E-state index in [0.717, 1.165) is 29.3 Å². The van der Waals surface area contributed by atoms with Crippen molar-refractivity contribution in [1.82, 2.24) is 15.0 Å². The number of nitrogens with one attached hydrogen (secondary N) is 2. The highest BCUT2D eigenvalue weighted by Crippen LogP contribution is 2.41. The Labute approximate surface area is 219 Å². The number of aromatic hydroxyl groups is 2. The van der Waals surface area contributed by atoms with Crippen molar-refractivity contribution in [2.45, 2.75) is 19.4 Å². The molecule has 0 radical (unpaired) electrons. The summed E-state index contributed by atoms with van der Waals surface area (Å²) in [6.45, 7) is 1.80. The number of phosphoric ester groups is 1. The molecule has 4 rings (SSSR count). The molecule has 202 valence electrons. The number of amides is 1. The molecule has 3 aromatic rings. The Morgan fingerprint density at radius 1 is 1.26 bits per heavy atom. The maximum absolute atomic E-state index is 14.6. The summed E-state index contributed by atoms with van der Waals surface area (Å²) in [5, 5.41) is 25.2. The fourth-order valence-electron chi connectivity index (χ4n) is 3.23. The minimum Gasteiger partial charge on any atom is -0.504 e. The van der Waals surface area contributed by atoms with Gasteiger partial charge in [-0.2, -0.15) is 4.98 Å². The first kappa shape index (κ1) is 21.8. The molecule has 3 heterocycles. The predicted octanol–water partition coefficient (Wildman–Crippen LogP) is 2.49. The Morgan fingerprint density at radius 3 is 2.63 bits per heavy atom. The third-order valence-electron chi connectivity index (χ3n) is 4.90. The number of nitrogens with zero attached hydrogens (tertiary/aromatic N) is 4. The molecule has 1 amide bonds. The summed E-state index contributed by atoms with van der Waals surface area (Å²) in [5.41, 5.74) is -1.59. The van der Waals surface area contributed by atoms with E-state index >= 15 is 0 Å².